The second kappa shape index (κ2) is 9.80. The van der Waals surface area contributed by atoms with Gasteiger partial charge in [-0.25, -0.2) is 0 Å². The number of likely N-dealkylation sites (tertiary alicyclic amines) is 1. The van der Waals surface area contributed by atoms with Crippen molar-refractivity contribution in [3.05, 3.63) is 70.8 Å². The molecule has 2 aromatic carbocycles. The first-order valence-electron chi connectivity index (χ1n) is 9.19. The molecule has 4 nitrogen and oxygen atoms in total. The fourth-order valence-corrected chi connectivity index (χ4v) is 4.22. The van der Waals surface area contributed by atoms with E-state index >= 15 is 0 Å². The molecule has 0 saturated carbocycles. The summed E-state index contributed by atoms with van der Waals surface area (Å²) in [6.07, 6.45) is 2.84. The smallest absolute Gasteiger partial charge is 0.306 e. The van der Waals surface area contributed by atoms with Gasteiger partial charge in [0.1, 0.15) is 0 Å². The van der Waals surface area contributed by atoms with Gasteiger partial charge in [0.25, 0.3) is 5.91 Å². The molecule has 3 rings (SSSR count). The maximum Gasteiger partial charge on any atom is 0.306 e. The van der Waals surface area contributed by atoms with Gasteiger partial charge < -0.3 is 10.0 Å². The Labute approximate surface area is 174 Å². The Morgan fingerprint density at radius 2 is 1.71 bits per heavy atom. The van der Waals surface area contributed by atoms with Crippen molar-refractivity contribution in [3.63, 3.8) is 0 Å². The minimum Gasteiger partial charge on any atom is -0.481 e. The van der Waals surface area contributed by atoms with E-state index in [2.05, 4.69) is 0 Å². The van der Waals surface area contributed by atoms with E-state index < -0.39 is 5.97 Å². The molecule has 1 saturated heterocycles. The summed E-state index contributed by atoms with van der Waals surface area (Å²) in [6, 6.07) is 17.4. The molecule has 6 heteroatoms. The van der Waals surface area contributed by atoms with E-state index in [-0.39, 0.29) is 11.8 Å². The third kappa shape index (κ3) is 5.40. The number of thioether (sulfide) groups is 1. The summed E-state index contributed by atoms with van der Waals surface area (Å²) < 4.78 is 0. The fraction of sp³-hybridized carbons (Fsp3) is 0.273. The third-order valence-corrected chi connectivity index (χ3v) is 6.18. The van der Waals surface area contributed by atoms with E-state index in [0.29, 0.717) is 42.3 Å². The summed E-state index contributed by atoms with van der Waals surface area (Å²) in [6.45, 7) is 0.928. The predicted octanol–water partition coefficient (Wildman–Crippen LogP) is 4.84. The predicted molar refractivity (Wildman–Crippen MR) is 114 cm³/mol. The first-order valence-corrected chi connectivity index (χ1v) is 10.6. The van der Waals surface area contributed by atoms with Crippen LogP contribution in [0.3, 0.4) is 0 Å². The van der Waals surface area contributed by atoms with Gasteiger partial charge >= 0.3 is 5.97 Å². The molecule has 1 aliphatic rings. The number of nitrogens with zero attached hydrogens (tertiary/aromatic N) is 1. The van der Waals surface area contributed by atoms with Crippen LogP contribution in [-0.4, -0.2) is 40.7 Å². The van der Waals surface area contributed by atoms with E-state index in [4.69, 9.17) is 11.6 Å². The quantitative estimate of drug-likeness (QED) is 0.541. The van der Waals surface area contributed by atoms with Crippen molar-refractivity contribution in [1.29, 1.82) is 0 Å². The molecule has 1 heterocycles. The first kappa shape index (κ1) is 20.5. The van der Waals surface area contributed by atoms with E-state index in [0.717, 1.165) is 10.5 Å². The highest BCUT2D eigenvalue weighted by atomic mass is 35.5. The molecule has 1 N–H and O–H groups in total. The monoisotopic (exact) mass is 415 g/mol. The molecule has 2 aromatic rings. The van der Waals surface area contributed by atoms with Crippen LogP contribution in [0.25, 0.3) is 6.08 Å². The van der Waals surface area contributed by atoms with Crippen LogP contribution >= 0.6 is 23.4 Å². The lowest BCUT2D eigenvalue weighted by atomic mass is 9.96. The number of hydrogen-bond donors (Lipinski definition) is 1. The lowest BCUT2D eigenvalue weighted by Gasteiger charge is -2.31. The second-order valence-corrected chi connectivity index (χ2v) is 8.15. The molecule has 0 unspecified atom stereocenters. The molecule has 0 radical (unpaired) electrons. The van der Waals surface area contributed by atoms with Crippen LogP contribution in [0.5, 0.6) is 0 Å². The number of halogens is 1. The second-order valence-electron chi connectivity index (χ2n) is 6.70. The van der Waals surface area contributed by atoms with Crippen molar-refractivity contribution in [2.24, 2.45) is 5.92 Å². The highest BCUT2D eigenvalue weighted by Gasteiger charge is 2.28. The van der Waals surface area contributed by atoms with Crippen LogP contribution in [-0.2, 0) is 9.59 Å². The van der Waals surface area contributed by atoms with Crippen LogP contribution in [0.1, 0.15) is 18.4 Å². The van der Waals surface area contributed by atoms with Crippen LogP contribution in [0.4, 0.5) is 0 Å². The number of aliphatic carboxylic acids is 1. The summed E-state index contributed by atoms with van der Waals surface area (Å²) in [4.78, 5) is 27.2. The number of hydrogen-bond acceptors (Lipinski definition) is 3. The van der Waals surface area contributed by atoms with Gasteiger partial charge in [-0.1, -0.05) is 48.0 Å². The van der Waals surface area contributed by atoms with Crippen molar-refractivity contribution in [3.8, 4) is 0 Å². The zero-order valence-corrected chi connectivity index (χ0v) is 17.0. The van der Waals surface area contributed by atoms with Gasteiger partial charge in [0.2, 0.25) is 0 Å². The molecule has 0 aliphatic carbocycles. The number of carboxylic acids is 1. The summed E-state index contributed by atoms with van der Waals surface area (Å²) in [5.74, 6) is -0.670. The maximum atomic E-state index is 13.2. The lowest BCUT2D eigenvalue weighted by Crippen LogP contribution is -2.41. The Kier molecular flexibility index (Phi) is 7.18. The number of rotatable bonds is 6. The molecule has 1 amide bonds. The van der Waals surface area contributed by atoms with Gasteiger partial charge in [0, 0.05) is 34.3 Å². The van der Waals surface area contributed by atoms with E-state index in [9.17, 15) is 14.7 Å². The number of carbonyl (C=O) groups excluding carboxylic acids is 1. The largest absolute Gasteiger partial charge is 0.481 e. The molecular formula is C22H22ClNO3S. The van der Waals surface area contributed by atoms with Crippen LogP contribution < -0.4 is 0 Å². The molecule has 0 atom stereocenters. The Balaban J connectivity index is 1.78. The van der Waals surface area contributed by atoms with Gasteiger partial charge in [-0.3, -0.25) is 9.59 Å². The van der Waals surface area contributed by atoms with Gasteiger partial charge in [0.05, 0.1) is 5.92 Å². The van der Waals surface area contributed by atoms with E-state index in [1.807, 2.05) is 54.6 Å². The van der Waals surface area contributed by atoms with Gasteiger partial charge in [-0.15, -0.1) is 11.8 Å². The van der Waals surface area contributed by atoms with E-state index in [1.54, 1.807) is 22.7 Å². The Bertz CT molecular complexity index is 861. The average Bonchev–Trinajstić information content (AvgIpc) is 2.72. The van der Waals surface area contributed by atoms with Crippen molar-refractivity contribution < 1.29 is 14.7 Å². The zero-order chi connectivity index (χ0) is 19.9. The highest BCUT2D eigenvalue weighted by molar-refractivity contribution is 7.99. The highest BCUT2D eigenvalue weighted by Crippen LogP contribution is 2.26. The van der Waals surface area contributed by atoms with Crippen molar-refractivity contribution in [1.82, 2.24) is 4.90 Å². The number of carboxylic acid groups (broad SMARTS) is 1. The summed E-state index contributed by atoms with van der Waals surface area (Å²) in [5.41, 5.74) is 1.47. The average molecular weight is 416 g/mol. The standard InChI is InChI=1S/C22H22ClNO3S/c23-20-9-5-4-6-17(20)14-18(15-28-19-7-2-1-3-8-19)21(25)24-12-10-16(11-13-24)22(26)27/h1-9,14,16H,10-13,15H2,(H,26,27)/b18-14+. The van der Waals surface area contributed by atoms with Crippen molar-refractivity contribution >= 4 is 41.3 Å². The van der Waals surface area contributed by atoms with Crippen molar-refractivity contribution in [2.75, 3.05) is 18.8 Å². The first-order chi connectivity index (χ1) is 13.5. The zero-order valence-electron chi connectivity index (χ0n) is 15.4. The molecule has 0 spiro atoms. The minimum atomic E-state index is -0.779. The normalized spacial score (nSPS) is 15.5. The summed E-state index contributed by atoms with van der Waals surface area (Å²) in [5, 5.41) is 9.77. The molecule has 28 heavy (non-hydrogen) atoms. The topological polar surface area (TPSA) is 57.6 Å². The lowest BCUT2D eigenvalue weighted by molar-refractivity contribution is -0.145. The van der Waals surface area contributed by atoms with Crippen LogP contribution in [0.2, 0.25) is 5.02 Å². The molecule has 146 valence electrons. The summed E-state index contributed by atoms with van der Waals surface area (Å²) >= 11 is 7.89. The van der Waals surface area contributed by atoms with E-state index in [1.165, 1.54) is 0 Å². The van der Waals surface area contributed by atoms with Gasteiger partial charge in [0.15, 0.2) is 0 Å². The molecule has 1 fully saturated rings. The molecule has 0 bridgehead atoms. The third-order valence-electron chi connectivity index (χ3n) is 4.78. The van der Waals surface area contributed by atoms with Crippen LogP contribution in [0.15, 0.2) is 65.1 Å². The number of benzene rings is 2. The van der Waals surface area contributed by atoms with Crippen molar-refractivity contribution in [2.45, 2.75) is 17.7 Å². The number of piperidine rings is 1. The number of carbonyl (C=O) groups is 2. The fourth-order valence-electron chi connectivity index (χ4n) is 3.16. The van der Waals surface area contributed by atoms with Crippen LogP contribution in [0, 0.1) is 5.92 Å². The molecule has 0 aromatic heterocycles. The van der Waals surface area contributed by atoms with Gasteiger partial charge in [-0.05, 0) is 42.7 Å². The Hall–Kier alpha value is -2.24. The minimum absolute atomic E-state index is 0.0489. The Morgan fingerprint density at radius 3 is 2.36 bits per heavy atom. The Morgan fingerprint density at radius 1 is 1.07 bits per heavy atom. The maximum absolute atomic E-state index is 13.2. The SMILES string of the molecule is O=C(O)C1CCN(C(=O)/C(=C/c2ccccc2Cl)CSc2ccccc2)CC1. The molecule has 1 aliphatic heterocycles. The van der Waals surface area contributed by atoms with Gasteiger partial charge in [-0.2, -0.15) is 0 Å². The molecular weight excluding hydrogens is 394 g/mol. The number of amides is 1. The summed E-state index contributed by atoms with van der Waals surface area (Å²) in [7, 11) is 0.